The Bertz CT molecular complexity index is 468. The molecule has 98 valence electrons. The van der Waals surface area contributed by atoms with Gasteiger partial charge in [-0.2, -0.15) is 18.7 Å². The van der Waals surface area contributed by atoms with Crippen LogP contribution in [-0.2, 0) is 21.4 Å². The molecule has 0 fully saturated rings. The van der Waals surface area contributed by atoms with E-state index in [0.717, 1.165) is 6.07 Å². The van der Waals surface area contributed by atoms with Gasteiger partial charge in [0.05, 0.1) is 6.54 Å². The van der Waals surface area contributed by atoms with Gasteiger partial charge in [-0.25, -0.2) is 13.6 Å². The maximum atomic E-state index is 11.7. The molecule has 1 aromatic rings. The van der Waals surface area contributed by atoms with Crippen molar-refractivity contribution in [2.24, 2.45) is 5.14 Å². The highest BCUT2D eigenvalue weighted by Crippen LogP contribution is 2.14. The molecule has 0 aromatic carbocycles. The lowest BCUT2D eigenvalue weighted by Gasteiger charge is -2.06. The first-order valence-electron chi connectivity index (χ1n) is 4.21. The van der Waals surface area contributed by atoms with Gasteiger partial charge in [0.1, 0.15) is 5.76 Å². The maximum absolute atomic E-state index is 11.7. The van der Waals surface area contributed by atoms with E-state index < -0.39 is 27.9 Å². The Morgan fingerprint density at radius 2 is 2.06 bits per heavy atom. The molecule has 0 aliphatic carbocycles. The number of hydrogen-bond donors (Lipinski definition) is 2. The van der Waals surface area contributed by atoms with Gasteiger partial charge < -0.3 is 4.42 Å². The fourth-order valence-corrected chi connectivity index (χ4v) is 1.34. The number of hydroxylamine groups is 1. The predicted molar refractivity (Wildman–Crippen MR) is 48.9 cm³/mol. The van der Waals surface area contributed by atoms with E-state index in [4.69, 9.17) is 9.56 Å². The van der Waals surface area contributed by atoms with Crippen molar-refractivity contribution in [1.29, 1.82) is 0 Å². The molecule has 0 amide bonds. The average Bonchev–Trinajstić information content (AvgIpc) is 2.58. The van der Waals surface area contributed by atoms with Crippen molar-refractivity contribution >= 4 is 10.0 Å². The first kappa shape index (κ1) is 14.0. The van der Waals surface area contributed by atoms with Crippen molar-refractivity contribution in [3.8, 4) is 0 Å². The molecular formula is C7H9F3N2O4S. The van der Waals surface area contributed by atoms with Crippen LogP contribution in [0.2, 0.25) is 0 Å². The summed E-state index contributed by atoms with van der Waals surface area (Å²) in [6, 6.07) is 2.35. The molecule has 0 aliphatic rings. The molecule has 3 N–H and O–H groups in total. The SMILES string of the molecule is NS(=O)(=O)c1ccc(CNOCC(F)(F)F)o1. The second-order valence-corrected chi connectivity index (χ2v) is 4.48. The topological polar surface area (TPSA) is 94.6 Å². The van der Waals surface area contributed by atoms with E-state index in [1.807, 2.05) is 5.48 Å². The maximum Gasteiger partial charge on any atom is 0.413 e. The minimum absolute atomic E-state index is 0.0798. The first-order valence-corrected chi connectivity index (χ1v) is 5.76. The van der Waals surface area contributed by atoms with Gasteiger partial charge in [0.2, 0.25) is 5.09 Å². The zero-order valence-corrected chi connectivity index (χ0v) is 9.14. The molecule has 0 spiro atoms. The number of sulfonamides is 1. The number of nitrogens with one attached hydrogen (secondary N) is 1. The normalized spacial score (nSPS) is 12.9. The van der Waals surface area contributed by atoms with E-state index in [-0.39, 0.29) is 12.3 Å². The van der Waals surface area contributed by atoms with Gasteiger partial charge in [-0.3, -0.25) is 4.84 Å². The van der Waals surface area contributed by atoms with Gasteiger partial charge in [-0.1, -0.05) is 0 Å². The molecule has 1 rings (SSSR count). The molecule has 10 heteroatoms. The highest BCUT2D eigenvalue weighted by molar-refractivity contribution is 7.89. The molecule has 6 nitrogen and oxygen atoms in total. The first-order chi connectivity index (χ1) is 7.68. The van der Waals surface area contributed by atoms with E-state index in [1.54, 1.807) is 0 Å². The minimum Gasteiger partial charge on any atom is -0.447 e. The summed E-state index contributed by atoms with van der Waals surface area (Å²) in [6.45, 7) is -1.68. The second-order valence-electron chi connectivity index (χ2n) is 2.99. The number of primary sulfonamides is 1. The van der Waals surface area contributed by atoms with Crippen molar-refractivity contribution in [2.75, 3.05) is 6.61 Å². The third-order valence-electron chi connectivity index (χ3n) is 1.50. The Labute approximate surface area is 94.5 Å². The Balaban J connectivity index is 2.41. The van der Waals surface area contributed by atoms with Crippen LogP contribution in [0.4, 0.5) is 13.2 Å². The lowest BCUT2D eigenvalue weighted by atomic mass is 10.5. The molecule has 0 bridgehead atoms. The van der Waals surface area contributed by atoms with Crippen molar-refractivity contribution < 1.29 is 30.8 Å². The Morgan fingerprint density at radius 3 is 2.53 bits per heavy atom. The number of halogens is 3. The van der Waals surface area contributed by atoms with E-state index in [1.165, 1.54) is 6.07 Å². The van der Waals surface area contributed by atoms with E-state index in [0.29, 0.717) is 0 Å². The van der Waals surface area contributed by atoms with Crippen LogP contribution in [-0.4, -0.2) is 21.2 Å². The zero-order chi connectivity index (χ0) is 13.1. The van der Waals surface area contributed by atoms with Gasteiger partial charge in [0.25, 0.3) is 10.0 Å². The van der Waals surface area contributed by atoms with Crippen LogP contribution in [0.25, 0.3) is 0 Å². The van der Waals surface area contributed by atoms with Gasteiger partial charge in [0, 0.05) is 0 Å². The number of alkyl halides is 3. The number of furan rings is 1. The van der Waals surface area contributed by atoms with Crippen molar-refractivity contribution in [3.63, 3.8) is 0 Å². The van der Waals surface area contributed by atoms with Gasteiger partial charge in [-0.05, 0) is 12.1 Å². The quantitative estimate of drug-likeness (QED) is 0.602. The molecule has 0 aliphatic heterocycles. The summed E-state index contributed by atoms with van der Waals surface area (Å²) in [4.78, 5) is 4.08. The highest BCUT2D eigenvalue weighted by Gasteiger charge is 2.27. The van der Waals surface area contributed by atoms with Gasteiger partial charge >= 0.3 is 6.18 Å². The number of hydrogen-bond acceptors (Lipinski definition) is 5. The molecule has 0 atom stereocenters. The monoisotopic (exact) mass is 274 g/mol. The van der Waals surface area contributed by atoms with Crippen LogP contribution in [0.3, 0.4) is 0 Å². The molecular weight excluding hydrogens is 265 g/mol. The van der Waals surface area contributed by atoms with Crippen molar-refractivity contribution in [2.45, 2.75) is 17.8 Å². The van der Waals surface area contributed by atoms with E-state index >= 15 is 0 Å². The van der Waals surface area contributed by atoms with Gasteiger partial charge in [-0.15, -0.1) is 0 Å². The summed E-state index contributed by atoms with van der Waals surface area (Å²) in [5.41, 5.74) is 1.97. The molecule has 17 heavy (non-hydrogen) atoms. The summed E-state index contributed by atoms with van der Waals surface area (Å²) in [5, 5.41) is 4.29. The van der Waals surface area contributed by atoms with Crippen LogP contribution < -0.4 is 10.6 Å². The third kappa shape index (κ3) is 5.17. The fraction of sp³-hybridized carbons (Fsp3) is 0.429. The Morgan fingerprint density at radius 1 is 1.41 bits per heavy atom. The van der Waals surface area contributed by atoms with E-state index in [2.05, 4.69) is 4.84 Å². The molecule has 1 aromatic heterocycles. The van der Waals surface area contributed by atoms with Crippen LogP contribution in [0.5, 0.6) is 0 Å². The Hall–Kier alpha value is -1.10. The molecule has 1 heterocycles. The minimum atomic E-state index is -4.44. The molecule has 0 radical (unpaired) electrons. The molecule has 0 saturated heterocycles. The van der Waals surface area contributed by atoms with Crippen molar-refractivity contribution in [3.05, 3.63) is 17.9 Å². The smallest absolute Gasteiger partial charge is 0.413 e. The van der Waals surface area contributed by atoms with Crippen LogP contribution in [0, 0.1) is 0 Å². The molecule has 0 saturated carbocycles. The lowest BCUT2D eigenvalue weighted by Crippen LogP contribution is -2.24. The summed E-state index contributed by atoms with van der Waals surface area (Å²) < 4.78 is 61.3. The van der Waals surface area contributed by atoms with Crippen LogP contribution >= 0.6 is 0 Å². The van der Waals surface area contributed by atoms with E-state index in [9.17, 15) is 21.6 Å². The fourth-order valence-electron chi connectivity index (χ4n) is 0.861. The molecule has 0 unspecified atom stereocenters. The number of nitrogens with two attached hydrogens (primary N) is 1. The van der Waals surface area contributed by atoms with Crippen LogP contribution in [0.15, 0.2) is 21.6 Å². The summed E-state index contributed by atoms with van der Waals surface area (Å²) >= 11 is 0. The summed E-state index contributed by atoms with van der Waals surface area (Å²) in [5.74, 6) is 0.0798. The number of rotatable bonds is 5. The largest absolute Gasteiger partial charge is 0.447 e. The standard InChI is InChI=1S/C7H9F3N2O4S/c8-7(9,10)4-15-12-3-5-1-2-6(16-5)17(11,13)14/h1-2,12H,3-4H2,(H2,11,13,14). The summed E-state index contributed by atoms with van der Waals surface area (Å²) in [7, 11) is -3.95. The summed E-state index contributed by atoms with van der Waals surface area (Å²) in [6.07, 6.45) is -4.44. The highest BCUT2D eigenvalue weighted by atomic mass is 32.2. The second kappa shape index (κ2) is 5.04. The van der Waals surface area contributed by atoms with Gasteiger partial charge in [0.15, 0.2) is 6.61 Å². The average molecular weight is 274 g/mol. The third-order valence-corrected chi connectivity index (χ3v) is 2.28. The lowest BCUT2D eigenvalue weighted by molar-refractivity contribution is -0.190. The zero-order valence-electron chi connectivity index (χ0n) is 8.32. The van der Waals surface area contributed by atoms with Crippen LogP contribution in [0.1, 0.15) is 5.76 Å². The predicted octanol–water partition coefficient (Wildman–Crippen LogP) is 0.510. The van der Waals surface area contributed by atoms with Crippen molar-refractivity contribution in [1.82, 2.24) is 5.48 Å². The Kier molecular flexibility index (Phi) is 4.14.